The zero-order valence-electron chi connectivity index (χ0n) is 11.0. The Morgan fingerprint density at radius 3 is 2.74 bits per heavy atom. The Hall–Kier alpha value is -1.84. The molecule has 1 aromatic carbocycles. The van der Waals surface area contributed by atoms with Crippen LogP contribution in [0.15, 0.2) is 18.2 Å². The van der Waals surface area contributed by atoms with Crippen molar-refractivity contribution in [3.05, 3.63) is 34.9 Å². The third kappa shape index (κ3) is 3.56. The van der Waals surface area contributed by atoms with E-state index in [9.17, 15) is 9.59 Å². The van der Waals surface area contributed by atoms with E-state index in [2.05, 4.69) is 0 Å². The van der Waals surface area contributed by atoms with Crippen LogP contribution in [-0.4, -0.2) is 23.7 Å². The number of hydrogen-bond donors (Lipinski definition) is 1. The molecule has 19 heavy (non-hydrogen) atoms. The Labute approximate surface area is 112 Å². The van der Waals surface area contributed by atoms with E-state index in [-0.39, 0.29) is 24.7 Å². The second kappa shape index (κ2) is 5.87. The minimum absolute atomic E-state index is 0.186. The SMILES string of the molecule is CCOC(=O)Cc1ccc2c(c1)CC(CC(=O)O)C2. The molecule has 1 N–H and O–H groups in total. The number of rotatable bonds is 5. The minimum atomic E-state index is -0.746. The minimum Gasteiger partial charge on any atom is -0.481 e. The molecule has 0 aromatic heterocycles. The topological polar surface area (TPSA) is 63.6 Å². The number of carbonyl (C=O) groups is 2. The number of benzene rings is 1. The number of ether oxygens (including phenoxy) is 1. The number of carbonyl (C=O) groups excluding carboxylic acids is 1. The van der Waals surface area contributed by atoms with Crippen molar-refractivity contribution in [2.24, 2.45) is 5.92 Å². The number of esters is 1. The van der Waals surface area contributed by atoms with Gasteiger partial charge in [-0.15, -0.1) is 0 Å². The normalized spacial score (nSPS) is 17.0. The van der Waals surface area contributed by atoms with Gasteiger partial charge >= 0.3 is 11.9 Å². The van der Waals surface area contributed by atoms with E-state index in [1.54, 1.807) is 6.92 Å². The molecule has 0 saturated carbocycles. The first-order chi connectivity index (χ1) is 9.08. The summed E-state index contributed by atoms with van der Waals surface area (Å²) in [6.07, 6.45) is 2.10. The van der Waals surface area contributed by atoms with Gasteiger partial charge < -0.3 is 9.84 Å². The van der Waals surface area contributed by atoms with Crippen LogP contribution in [0.2, 0.25) is 0 Å². The van der Waals surface area contributed by atoms with Crippen LogP contribution in [0.5, 0.6) is 0 Å². The highest BCUT2D eigenvalue weighted by molar-refractivity contribution is 5.72. The van der Waals surface area contributed by atoms with Gasteiger partial charge in [0.05, 0.1) is 13.0 Å². The Kier molecular flexibility index (Phi) is 4.20. The molecule has 1 aliphatic rings. The van der Waals surface area contributed by atoms with E-state index in [0.717, 1.165) is 18.4 Å². The van der Waals surface area contributed by atoms with Crippen molar-refractivity contribution in [1.29, 1.82) is 0 Å². The van der Waals surface area contributed by atoms with Crippen molar-refractivity contribution in [1.82, 2.24) is 0 Å². The summed E-state index contributed by atoms with van der Waals surface area (Å²) in [5.74, 6) is -0.780. The van der Waals surface area contributed by atoms with Gasteiger partial charge in [0.25, 0.3) is 0 Å². The number of fused-ring (bicyclic) bond motifs is 1. The molecule has 102 valence electrons. The number of carboxylic acid groups (broad SMARTS) is 1. The molecule has 0 radical (unpaired) electrons. The van der Waals surface area contributed by atoms with Gasteiger partial charge in [0.2, 0.25) is 0 Å². The zero-order valence-corrected chi connectivity index (χ0v) is 11.0. The molecule has 1 aliphatic carbocycles. The number of hydrogen-bond acceptors (Lipinski definition) is 3. The zero-order chi connectivity index (χ0) is 13.8. The largest absolute Gasteiger partial charge is 0.481 e. The van der Waals surface area contributed by atoms with Crippen LogP contribution in [0.3, 0.4) is 0 Å². The van der Waals surface area contributed by atoms with Crippen LogP contribution in [0.1, 0.15) is 30.0 Å². The predicted molar refractivity (Wildman–Crippen MR) is 69.9 cm³/mol. The predicted octanol–water partition coefficient (Wildman–Crippen LogP) is 1.98. The number of aliphatic carboxylic acids is 1. The lowest BCUT2D eigenvalue weighted by atomic mass is 10.0. The van der Waals surface area contributed by atoms with Gasteiger partial charge in [-0.2, -0.15) is 0 Å². The van der Waals surface area contributed by atoms with Crippen molar-refractivity contribution < 1.29 is 19.4 Å². The van der Waals surface area contributed by atoms with Gasteiger partial charge in [-0.3, -0.25) is 9.59 Å². The second-order valence-electron chi connectivity index (χ2n) is 4.96. The van der Waals surface area contributed by atoms with Crippen molar-refractivity contribution in [3.8, 4) is 0 Å². The molecule has 1 aromatic rings. The average molecular weight is 262 g/mol. The lowest BCUT2D eigenvalue weighted by Crippen LogP contribution is -2.07. The maximum Gasteiger partial charge on any atom is 0.310 e. The maximum atomic E-state index is 11.4. The van der Waals surface area contributed by atoms with Crippen molar-refractivity contribution in [2.45, 2.75) is 32.6 Å². The fourth-order valence-electron chi connectivity index (χ4n) is 2.64. The van der Waals surface area contributed by atoms with E-state index in [0.29, 0.717) is 6.61 Å². The summed E-state index contributed by atoms with van der Waals surface area (Å²) >= 11 is 0. The van der Waals surface area contributed by atoms with Gasteiger partial charge in [0, 0.05) is 6.42 Å². The van der Waals surface area contributed by atoms with E-state index >= 15 is 0 Å². The molecular weight excluding hydrogens is 244 g/mol. The van der Waals surface area contributed by atoms with Crippen LogP contribution < -0.4 is 0 Å². The molecule has 4 nitrogen and oxygen atoms in total. The molecule has 4 heteroatoms. The molecule has 0 bridgehead atoms. The average Bonchev–Trinajstić information content (AvgIpc) is 2.69. The first-order valence-corrected chi connectivity index (χ1v) is 6.56. The van der Waals surface area contributed by atoms with Gasteiger partial charge in [-0.05, 0) is 42.4 Å². The van der Waals surface area contributed by atoms with E-state index in [1.165, 1.54) is 11.1 Å². The highest BCUT2D eigenvalue weighted by Crippen LogP contribution is 2.29. The summed E-state index contributed by atoms with van der Waals surface area (Å²) in [6, 6.07) is 5.94. The van der Waals surface area contributed by atoms with E-state index in [4.69, 9.17) is 9.84 Å². The first-order valence-electron chi connectivity index (χ1n) is 6.56. The highest BCUT2D eigenvalue weighted by atomic mass is 16.5. The van der Waals surface area contributed by atoms with Crippen LogP contribution in [-0.2, 0) is 33.6 Å². The highest BCUT2D eigenvalue weighted by Gasteiger charge is 2.23. The second-order valence-corrected chi connectivity index (χ2v) is 4.96. The molecule has 0 spiro atoms. The van der Waals surface area contributed by atoms with Crippen LogP contribution >= 0.6 is 0 Å². The summed E-state index contributed by atoms with van der Waals surface area (Å²) in [5.41, 5.74) is 3.32. The van der Waals surface area contributed by atoms with Crippen molar-refractivity contribution >= 4 is 11.9 Å². The third-order valence-corrected chi connectivity index (χ3v) is 3.40. The summed E-state index contributed by atoms with van der Waals surface area (Å²) in [6.45, 7) is 2.18. The third-order valence-electron chi connectivity index (χ3n) is 3.40. The molecule has 0 aliphatic heterocycles. The molecular formula is C15H18O4. The molecule has 0 fully saturated rings. The Balaban J connectivity index is 2.02. The van der Waals surface area contributed by atoms with Crippen molar-refractivity contribution in [2.75, 3.05) is 6.61 Å². The monoisotopic (exact) mass is 262 g/mol. The summed E-state index contributed by atoms with van der Waals surface area (Å²) in [4.78, 5) is 22.2. The van der Waals surface area contributed by atoms with Gasteiger partial charge in [-0.1, -0.05) is 18.2 Å². The maximum absolute atomic E-state index is 11.4. The van der Waals surface area contributed by atoms with Crippen LogP contribution in [0.25, 0.3) is 0 Å². The fourth-order valence-corrected chi connectivity index (χ4v) is 2.64. The van der Waals surface area contributed by atoms with Gasteiger partial charge in [-0.25, -0.2) is 0 Å². The lowest BCUT2D eigenvalue weighted by molar-refractivity contribution is -0.142. The summed E-state index contributed by atoms with van der Waals surface area (Å²) in [7, 11) is 0. The first kappa shape index (κ1) is 13.6. The molecule has 0 amide bonds. The smallest absolute Gasteiger partial charge is 0.310 e. The molecule has 0 heterocycles. The Morgan fingerprint density at radius 2 is 2.05 bits per heavy atom. The van der Waals surface area contributed by atoms with Gasteiger partial charge in [0.15, 0.2) is 0 Å². The standard InChI is InChI=1S/C15H18O4/c1-2-19-15(18)9-10-3-4-12-6-11(8-14(16)17)7-13(12)5-10/h3-5,11H,2,6-9H2,1H3,(H,16,17). The van der Waals surface area contributed by atoms with Crippen LogP contribution in [0, 0.1) is 5.92 Å². The number of carboxylic acids is 1. The lowest BCUT2D eigenvalue weighted by Gasteiger charge is -2.04. The van der Waals surface area contributed by atoms with Crippen LogP contribution in [0.4, 0.5) is 0 Å². The van der Waals surface area contributed by atoms with Crippen molar-refractivity contribution in [3.63, 3.8) is 0 Å². The molecule has 0 saturated heterocycles. The van der Waals surface area contributed by atoms with E-state index in [1.807, 2.05) is 18.2 Å². The molecule has 1 atom stereocenters. The fraction of sp³-hybridized carbons (Fsp3) is 0.467. The van der Waals surface area contributed by atoms with E-state index < -0.39 is 5.97 Å². The molecule has 2 rings (SSSR count). The van der Waals surface area contributed by atoms with Gasteiger partial charge in [0.1, 0.15) is 0 Å². The summed E-state index contributed by atoms with van der Waals surface area (Å²) in [5, 5.41) is 8.82. The Bertz CT molecular complexity index is 493. The summed E-state index contributed by atoms with van der Waals surface area (Å²) < 4.78 is 4.92. The Morgan fingerprint density at radius 1 is 1.32 bits per heavy atom. The molecule has 1 unspecified atom stereocenters. The quantitative estimate of drug-likeness (QED) is 0.824.